The van der Waals surface area contributed by atoms with Crippen molar-refractivity contribution in [2.24, 2.45) is 29.6 Å². The van der Waals surface area contributed by atoms with Crippen LogP contribution in [0.3, 0.4) is 0 Å². The van der Waals surface area contributed by atoms with E-state index < -0.39 is 36.1 Å². The number of thioether (sulfide) groups is 1. The van der Waals surface area contributed by atoms with Crippen molar-refractivity contribution in [1.29, 1.82) is 0 Å². The van der Waals surface area contributed by atoms with Crippen LogP contribution in [0.5, 0.6) is 5.75 Å². The molecule has 3 fully saturated rings. The van der Waals surface area contributed by atoms with Crippen molar-refractivity contribution in [3.05, 3.63) is 104 Å². The number of aryl methyl sites for hydroxylation is 1. The number of anilines is 2. The fourth-order valence-electron chi connectivity index (χ4n) is 8.28. The Hall–Kier alpha value is -4.36. The van der Waals surface area contributed by atoms with E-state index >= 15 is 0 Å². The van der Waals surface area contributed by atoms with E-state index in [4.69, 9.17) is 4.74 Å². The Morgan fingerprint density at radius 2 is 1.65 bits per heavy atom. The third kappa shape index (κ3) is 4.97. The third-order valence-electron chi connectivity index (χ3n) is 10.1. The number of nitrogens with one attached hydrogen (secondary N) is 2. The number of nitrogens with zero attached hydrogens (tertiary/aromatic N) is 1. The van der Waals surface area contributed by atoms with Crippen molar-refractivity contribution in [1.82, 2.24) is 4.98 Å². The average molecular weight is 692 g/mol. The molecule has 0 radical (unpaired) electrons. The van der Waals surface area contributed by atoms with Crippen molar-refractivity contribution in [2.75, 3.05) is 16.8 Å². The van der Waals surface area contributed by atoms with Crippen LogP contribution >= 0.6 is 23.1 Å². The SMILES string of the molecule is Cc1ccc(N2C(=O)[C@H]3[C@H]4C[C@@H]([C@@H]3C2=O)[C@@H]2[C@H](c3ccc(OCC(=O)Nc5ccccc5C(F)(F)F)cc3)c3sc(=O)[nH]c3S[C@H]42)cc1. The number of alkyl halides is 3. The van der Waals surface area contributed by atoms with Crippen molar-refractivity contribution >= 4 is 52.2 Å². The van der Waals surface area contributed by atoms with E-state index in [2.05, 4.69) is 10.3 Å². The third-order valence-corrected chi connectivity index (χ3v) is 12.7. The molecule has 2 saturated carbocycles. The number of H-pyrrole nitrogens is 1. The van der Waals surface area contributed by atoms with E-state index in [1.807, 2.05) is 43.3 Å². The maximum Gasteiger partial charge on any atom is 0.418 e. The maximum atomic E-state index is 13.9. The zero-order valence-corrected chi connectivity index (χ0v) is 27.0. The Bertz CT molecular complexity index is 2010. The highest BCUT2D eigenvalue weighted by Crippen LogP contribution is 2.68. The van der Waals surface area contributed by atoms with Gasteiger partial charge < -0.3 is 15.0 Å². The Morgan fingerprint density at radius 1 is 0.958 bits per heavy atom. The first-order valence-electron chi connectivity index (χ1n) is 15.5. The first-order chi connectivity index (χ1) is 23.0. The molecule has 2 bridgehead atoms. The van der Waals surface area contributed by atoms with Gasteiger partial charge in [0.2, 0.25) is 11.8 Å². The zero-order chi connectivity index (χ0) is 33.5. The summed E-state index contributed by atoms with van der Waals surface area (Å²) in [5.41, 5.74) is 1.24. The number of amides is 3. The number of para-hydroxylation sites is 1. The van der Waals surface area contributed by atoms with E-state index in [0.29, 0.717) is 11.4 Å². The molecular formula is C35H28F3N3O5S2. The molecule has 3 heterocycles. The minimum Gasteiger partial charge on any atom is -0.484 e. The molecule has 8 nitrogen and oxygen atoms in total. The van der Waals surface area contributed by atoms with Gasteiger partial charge in [0.15, 0.2) is 6.61 Å². The summed E-state index contributed by atoms with van der Waals surface area (Å²) in [7, 11) is 0. The number of halogens is 3. The van der Waals surface area contributed by atoms with Gasteiger partial charge in [-0.3, -0.25) is 24.1 Å². The number of hydrogen-bond donors (Lipinski definition) is 2. The quantitative estimate of drug-likeness (QED) is 0.225. The Morgan fingerprint density at radius 3 is 2.35 bits per heavy atom. The highest BCUT2D eigenvalue weighted by Gasteiger charge is 2.69. The van der Waals surface area contributed by atoms with Crippen molar-refractivity contribution < 1.29 is 32.3 Å². The number of aromatic amines is 1. The molecular weight excluding hydrogens is 664 g/mol. The highest BCUT2D eigenvalue weighted by atomic mass is 32.2. The van der Waals surface area contributed by atoms with Crippen molar-refractivity contribution in [2.45, 2.75) is 35.7 Å². The minimum absolute atomic E-state index is 0.00968. The molecule has 2 N–H and O–H groups in total. The Balaban J connectivity index is 1.03. The fourth-order valence-corrected chi connectivity index (χ4v) is 11.2. The lowest BCUT2D eigenvalue weighted by Gasteiger charge is -2.43. The van der Waals surface area contributed by atoms with E-state index in [1.165, 1.54) is 23.1 Å². The van der Waals surface area contributed by atoms with Gasteiger partial charge in [-0.15, -0.1) is 11.8 Å². The predicted molar refractivity (Wildman–Crippen MR) is 174 cm³/mol. The molecule has 8 rings (SSSR count). The molecule has 1 aromatic heterocycles. The standard InChI is InChI=1S/C35H28F3N3O5S2/c1-16-6-10-18(11-7-16)41-32(43)27-20-14-21(28(27)33(41)44)29-26(20)25(30-31(47-29)40-34(45)48-30)17-8-12-19(13-9-17)46-15-24(42)39-23-5-3-2-4-22(23)35(36,37)38/h2-13,20-21,25-29H,14-15H2,1H3,(H,39,42)(H,40,45)/t20-,21-,25+,26-,27+,28+,29-/m1/s1. The van der Waals surface area contributed by atoms with Gasteiger partial charge in [-0.1, -0.05) is 53.3 Å². The van der Waals surface area contributed by atoms with Gasteiger partial charge in [-0.25, -0.2) is 0 Å². The van der Waals surface area contributed by atoms with Crippen LogP contribution in [0.15, 0.2) is 82.6 Å². The van der Waals surface area contributed by atoms with Crippen LogP contribution < -0.4 is 19.8 Å². The van der Waals surface area contributed by atoms with Gasteiger partial charge in [0.1, 0.15) is 5.75 Å². The molecule has 4 aliphatic rings. The second-order valence-electron chi connectivity index (χ2n) is 12.8. The number of ether oxygens (including phenoxy) is 1. The number of hydrogen-bond acceptors (Lipinski definition) is 7. The highest BCUT2D eigenvalue weighted by molar-refractivity contribution is 8.00. The maximum absolute atomic E-state index is 13.9. The second-order valence-corrected chi connectivity index (χ2v) is 15.0. The second kappa shape index (κ2) is 11.4. The summed E-state index contributed by atoms with van der Waals surface area (Å²) < 4.78 is 45.6. The van der Waals surface area contributed by atoms with Crippen LogP contribution in [0.1, 0.15) is 33.9 Å². The molecule has 7 atom stereocenters. The summed E-state index contributed by atoms with van der Waals surface area (Å²) >= 11 is 2.77. The van der Waals surface area contributed by atoms with Crippen LogP contribution in [-0.4, -0.2) is 34.6 Å². The molecule has 2 aliphatic heterocycles. The van der Waals surface area contributed by atoms with Crippen LogP contribution in [-0.2, 0) is 20.6 Å². The number of rotatable bonds is 6. The summed E-state index contributed by atoms with van der Waals surface area (Å²) in [5, 5.41) is 3.10. The van der Waals surface area contributed by atoms with Crippen LogP contribution in [0, 0.1) is 36.5 Å². The summed E-state index contributed by atoms with van der Waals surface area (Å²) in [6.07, 6.45) is -3.86. The first kappa shape index (κ1) is 30.9. The molecule has 3 amide bonds. The largest absolute Gasteiger partial charge is 0.484 e. The monoisotopic (exact) mass is 691 g/mol. The van der Waals surface area contributed by atoms with Gasteiger partial charge in [-0.2, -0.15) is 13.2 Å². The molecule has 4 aromatic rings. The Labute approximate surface area is 280 Å². The number of carbonyl (C=O) groups is 3. The van der Waals surface area contributed by atoms with Crippen LogP contribution in [0.4, 0.5) is 24.5 Å². The molecule has 246 valence electrons. The van der Waals surface area contributed by atoms with E-state index in [1.54, 1.807) is 23.9 Å². The number of benzene rings is 3. The summed E-state index contributed by atoms with van der Waals surface area (Å²) in [6.45, 7) is 1.45. The van der Waals surface area contributed by atoms with E-state index in [-0.39, 0.29) is 51.3 Å². The summed E-state index contributed by atoms with van der Waals surface area (Å²) in [4.78, 5) is 57.9. The molecule has 3 aromatic carbocycles. The summed E-state index contributed by atoms with van der Waals surface area (Å²) in [5.74, 6) is -1.74. The van der Waals surface area contributed by atoms with Gasteiger partial charge in [0.25, 0.3) is 5.91 Å². The van der Waals surface area contributed by atoms with Gasteiger partial charge in [0, 0.05) is 16.0 Å². The molecule has 13 heteroatoms. The number of thiazole rings is 1. The molecule has 0 unspecified atom stereocenters. The topological polar surface area (TPSA) is 109 Å². The average Bonchev–Trinajstić information content (AvgIpc) is 3.79. The summed E-state index contributed by atoms with van der Waals surface area (Å²) in [6, 6.07) is 19.3. The van der Waals surface area contributed by atoms with Gasteiger partial charge in [0.05, 0.1) is 33.8 Å². The molecule has 0 spiro atoms. The van der Waals surface area contributed by atoms with Crippen molar-refractivity contribution in [3.8, 4) is 5.75 Å². The number of aromatic nitrogens is 1. The predicted octanol–water partition coefficient (Wildman–Crippen LogP) is 6.46. The lowest BCUT2D eigenvalue weighted by molar-refractivity contribution is -0.137. The van der Waals surface area contributed by atoms with Gasteiger partial charge in [-0.05, 0) is 73.1 Å². The minimum atomic E-state index is -4.62. The smallest absolute Gasteiger partial charge is 0.418 e. The van der Waals surface area contributed by atoms with Crippen LogP contribution in [0.2, 0.25) is 0 Å². The van der Waals surface area contributed by atoms with E-state index in [9.17, 15) is 32.3 Å². The normalized spacial score (nSPS) is 27.1. The number of fused-ring (bicyclic) bond motifs is 9. The van der Waals surface area contributed by atoms with Crippen LogP contribution in [0.25, 0.3) is 0 Å². The molecule has 48 heavy (non-hydrogen) atoms. The van der Waals surface area contributed by atoms with Gasteiger partial charge >= 0.3 is 11.0 Å². The zero-order valence-electron chi connectivity index (χ0n) is 25.3. The Kier molecular flexibility index (Phi) is 7.33. The fraction of sp³-hybridized carbons (Fsp3) is 0.314. The number of imide groups is 1. The first-order valence-corrected chi connectivity index (χ1v) is 17.2. The van der Waals surface area contributed by atoms with Crippen molar-refractivity contribution in [3.63, 3.8) is 0 Å². The lowest BCUT2D eigenvalue weighted by Crippen LogP contribution is -2.42. The number of carbonyl (C=O) groups excluding carboxylic acids is 3. The lowest BCUT2D eigenvalue weighted by atomic mass is 9.68. The molecule has 2 aliphatic carbocycles. The molecule has 1 saturated heterocycles. The van der Waals surface area contributed by atoms with E-state index in [0.717, 1.165) is 44.9 Å².